The second kappa shape index (κ2) is 12.3. The highest BCUT2D eigenvalue weighted by Gasteiger charge is 2.33. The number of rotatable bonds is 10. The van der Waals surface area contributed by atoms with Gasteiger partial charge in [0.1, 0.15) is 29.7 Å². The highest BCUT2D eigenvalue weighted by Crippen LogP contribution is 2.39. The molecule has 218 valence electrons. The van der Waals surface area contributed by atoms with Gasteiger partial charge in [-0.25, -0.2) is 9.97 Å². The van der Waals surface area contributed by atoms with Crippen LogP contribution in [0.1, 0.15) is 67.0 Å². The summed E-state index contributed by atoms with van der Waals surface area (Å²) in [6.07, 6.45) is 0.966. The van der Waals surface area contributed by atoms with Crippen LogP contribution in [0.15, 0.2) is 30.3 Å². The second-order valence-corrected chi connectivity index (χ2v) is 17.4. The zero-order chi connectivity index (χ0) is 29.1. The Balaban J connectivity index is 1.67. The number of ether oxygens (including phenoxy) is 2. The van der Waals surface area contributed by atoms with Gasteiger partial charge in [0.15, 0.2) is 0 Å². The number of carbonyl (C=O) groups excluding carboxylic acids is 1. The predicted molar refractivity (Wildman–Crippen MR) is 153 cm³/mol. The van der Waals surface area contributed by atoms with Gasteiger partial charge in [-0.1, -0.05) is 39.1 Å². The molecule has 1 aliphatic rings. The maximum absolute atomic E-state index is 13.2. The second-order valence-electron chi connectivity index (χ2n) is 11.8. The van der Waals surface area contributed by atoms with E-state index < -0.39 is 25.9 Å². The number of carbonyl (C=O) groups is 1. The van der Waals surface area contributed by atoms with Gasteiger partial charge in [0.25, 0.3) is 5.91 Å². The molecule has 40 heavy (non-hydrogen) atoms. The maximum Gasteiger partial charge on any atom is 0.433 e. The molecule has 0 unspecified atom stereocenters. The van der Waals surface area contributed by atoms with E-state index in [9.17, 15) is 18.0 Å². The number of halogens is 3. The lowest BCUT2D eigenvalue weighted by Gasteiger charge is -2.28. The van der Waals surface area contributed by atoms with Crippen LogP contribution in [0.3, 0.4) is 0 Å². The molecule has 0 radical (unpaired) electrons. The number of amides is 1. The number of aromatic nitrogens is 3. The Labute approximate surface area is 234 Å². The minimum Gasteiger partial charge on any atom is -0.494 e. The number of pyridine rings is 1. The van der Waals surface area contributed by atoms with E-state index in [-0.39, 0.29) is 5.69 Å². The SMILES string of the molecule is CCC1CCC(c2nc3cc(OC)c(NC(=O)c4cccc(C(F)(F)F)n4)cc3n2COCC[Si](C)(C)C)CC1. The van der Waals surface area contributed by atoms with Crippen LogP contribution in [0.4, 0.5) is 18.9 Å². The summed E-state index contributed by atoms with van der Waals surface area (Å²) in [5, 5.41) is 2.69. The van der Waals surface area contributed by atoms with Crippen LogP contribution in [-0.4, -0.2) is 42.2 Å². The Morgan fingerprint density at radius 2 is 1.85 bits per heavy atom. The third kappa shape index (κ3) is 7.23. The fourth-order valence-electron chi connectivity index (χ4n) is 5.15. The first kappa shape index (κ1) is 30.0. The van der Waals surface area contributed by atoms with E-state index in [0.29, 0.717) is 36.2 Å². The first-order valence-corrected chi connectivity index (χ1v) is 17.6. The first-order chi connectivity index (χ1) is 18.9. The summed E-state index contributed by atoms with van der Waals surface area (Å²) in [5.74, 6) is 1.60. The Morgan fingerprint density at radius 1 is 1.12 bits per heavy atom. The fraction of sp³-hybridized carbons (Fsp3) is 0.552. The third-order valence-corrected chi connectivity index (χ3v) is 9.33. The molecule has 1 aromatic carbocycles. The number of benzene rings is 1. The van der Waals surface area contributed by atoms with Crippen LogP contribution in [0, 0.1) is 5.92 Å². The molecule has 0 saturated heterocycles. The zero-order valence-corrected chi connectivity index (χ0v) is 24.9. The van der Waals surface area contributed by atoms with Gasteiger partial charge in [-0.3, -0.25) is 4.79 Å². The van der Waals surface area contributed by atoms with Crippen LogP contribution < -0.4 is 10.1 Å². The number of imidazole rings is 1. The Bertz CT molecular complexity index is 1330. The van der Waals surface area contributed by atoms with Crippen molar-refractivity contribution in [1.82, 2.24) is 14.5 Å². The Morgan fingerprint density at radius 3 is 2.48 bits per heavy atom. The molecule has 4 rings (SSSR count). The van der Waals surface area contributed by atoms with Gasteiger partial charge in [-0.15, -0.1) is 0 Å². The molecule has 11 heteroatoms. The molecule has 1 fully saturated rings. The summed E-state index contributed by atoms with van der Waals surface area (Å²) in [6.45, 7) is 10.1. The summed E-state index contributed by atoms with van der Waals surface area (Å²) in [7, 11) is 0.206. The molecule has 2 aromatic heterocycles. The topological polar surface area (TPSA) is 78.3 Å². The Kier molecular flexibility index (Phi) is 9.24. The van der Waals surface area contributed by atoms with E-state index in [1.54, 1.807) is 12.1 Å². The van der Waals surface area contributed by atoms with E-state index in [1.165, 1.54) is 19.6 Å². The number of alkyl halides is 3. The van der Waals surface area contributed by atoms with Crippen LogP contribution in [0.25, 0.3) is 11.0 Å². The van der Waals surface area contributed by atoms with Crippen molar-refractivity contribution >= 4 is 30.7 Å². The van der Waals surface area contributed by atoms with Crippen molar-refractivity contribution in [2.75, 3.05) is 19.0 Å². The average molecular weight is 577 g/mol. The molecule has 1 N–H and O–H groups in total. The summed E-state index contributed by atoms with van der Waals surface area (Å²) >= 11 is 0. The molecule has 0 aliphatic heterocycles. The number of hydrogen-bond acceptors (Lipinski definition) is 5. The summed E-state index contributed by atoms with van der Waals surface area (Å²) in [5.41, 5.74) is 0.345. The van der Waals surface area contributed by atoms with E-state index in [0.717, 1.165) is 61.1 Å². The van der Waals surface area contributed by atoms with E-state index in [2.05, 4.69) is 41.4 Å². The lowest BCUT2D eigenvalue weighted by molar-refractivity contribution is -0.141. The zero-order valence-electron chi connectivity index (χ0n) is 23.9. The fourth-order valence-corrected chi connectivity index (χ4v) is 5.91. The van der Waals surface area contributed by atoms with Crippen molar-refractivity contribution in [3.05, 3.63) is 47.5 Å². The monoisotopic (exact) mass is 576 g/mol. The van der Waals surface area contributed by atoms with Crippen LogP contribution in [0.2, 0.25) is 25.7 Å². The Hall–Kier alpha value is -2.92. The molecule has 1 aliphatic carbocycles. The maximum atomic E-state index is 13.2. The third-order valence-electron chi connectivity index (χ3n) is 7.63. The predicted octanol–water partition coefficient (Wildman–Crippen LogP) is 7.71. The van der Waals surface area contributed by atoms with Gasteiger partial charge in [0.2, 0.25) is 0 Å². The molecule has 0 atom stereocenters. The number of methoxy groups -OCH3 is 1. The molecule has 7 nitrogen and oxygen atoms in total. The smallest absolute Gasteiger partial charge is 0.433 e. The first-order valence-electron chi connectivity index (χ1n) is 13.9. The summed E-state index contributed by atoms with van der Waals surface area (Å²) in [6, 6.07) is 7.80. The number of hydrogen-bond donors (Lipinski definition) is 1. The van der Waals surface area contributed by atoms with Crippen molar-refractivity contribution in [1.29, 1.82) is 0 Å². The lowest BCUT2D eigenvalue weighted by atomic mass is 9.80. The molecule has 0 bridgehead atoms. The minimum absolute atomic E-state index is 0.300. The van der Waals surface area contributed by atoms with Crippen molar-refractivity contribution in [2.45, 2.75) is 83.5 Å². The molecule has 1 amide bonds. The normalized spacial score (nSPS) is 18.2. The van der Waals surface area contributed by atoms with Gasteiger partial charge >= 0.3 is 6.18 Å². The molecule has 1 saturated carbocycles. The molecular weight excluding hydrogens is 537 g/mol. The van der Waals surface area contributed by atoms with Crippen molar-refractivity contribution in [3.8, 4) is 5.75 Å². The largest absolute Gasteiger partial charge is 0.494 e. The van der Waals surface area contributed by atoms with Crippen molar-refractivity contribution in [2.24, 2.45) is 5.92 Å². The van der Waals surface area contributed by atoms with E-state index in [4.69, 9.17) is 14.5 Å². The van der Waals surface area contributed by atoms with Gasteiger partial charge in [0.05, 0.1) is 23.8 Å². The summed E-state index contributed by atoms with van der Waals surface area (Å²) < 4.78 is 53.2. The average Bonchev–Trinajstić information content (AvgIpc) is 3.26. The number of anilines is 1. The van der Waals surface area contributed by atoms with Gasteiger partial charge in [0, 0.05) is 26.7 Å². The summed E-state index contributed by atoms with van der Waals surface area (Å²) in [4.78, 5) is 21.5. The van der Waals surface area contributed by atoms with E-state index in [1.807, 2.05) is 0 Å². The minimum atomic E-state index is -4.65. The van der Waals surface area contributed by atoms with Gasteiger partial charge in [-0.05, 0) is 55.8 Å². The highest BCUT2D eigenvalue weighted by molar-refractivity contribution is 6.76. The number of nitrogens with one attached hydrogen (secondary N) is 1. The van der Waals surface area contributed by atoms with Crippen LogP contribution in [-0.2, 0) is 17.6 Å². The standard InChI is InChI=1S/C29H39F3N4O3Si/c1-6-19-10-12-20(13-11-19)27-34-22-17-25(38-2)23(16-24(22)36(27)18-39-14-15-40(3,4)5)35-28(37)21-8-7-9-26(33-21)29(30,31)32/h7-9,16-17,19-20H,6,10-15,18H2,1-5H3,(H,35,37). The molecular formula is C29H39F3N4O3Si. The van der Waals surface area contributed by atoms with E-state index >= 15 is 0 Å². The van der Waals surface area contributed by atoms with Crippen LogP contribution >= 0.6 is 0 Å². The molecule has 2 heterocycles. The molecule has 0 spiro atoms. The van der Waals surface area contributed by atoms with Crippen molar-refractivity contribution in [3.63, 3.8) is 0 Å². The lowest BCUT2D eigenvalue weighted by Crippen LogP contribution is -2.22. The quantitative estimate of drug-likeness (QED) is 0.198. The van der Waals surface area contributed by atoms with Gasteiger partial charge in [-0.2, -0.15) is 13.2 Å². The van der Waals surface area contributed by atoms with Crippen LogP contribution in [0.5, 0.6) is 5.75 Å². The van der Waals surface area contributed by atoms with Gasteiger partial charge < -0.3 is 19.4 Å². The number of nitrogens with zero attached hydrogens (tertiary/aromatic N) is 3. The molecule has 3 aromatic rings. The highest BCUT2D eigenvalue weighted by atomic mass is 28.3. The van der Waals surface area contributed by atoms with Crippen molar-refractivity contribution < 1.29 is 27.4 Å². The number of fused-ring (bicyclic) bond motifs is 1.